The van der Waals surface area contributed by atoms with Gasteiger partial charge in [0.15, 0.2) is 0 Å². The Morgan fingerprint density at radius 1 is 1.07 bits per heavy atom. The van der Waals surface area contributed by atoms with Gasteiger partial charge >= 0.3 is 6.18 Å². The molecule has 0 bridgehead atoms. The minimum Gasteiger partial charge on any atom is -0.340 e. The maximum atomic E-state index is 13.3. The maximum Gasteiger partial charge on any atom is 0.417 e. The van der Waals surface area contributed by atoms with E-state index in [9.17, 15) is 26.4 Å². The molecule has 1 aliphatic heterocycles. The average Bonchev–Trinajstić information content (AvgIpc) is 3.15. The molecule has 3 rings (SSSR count). The van der Waals surface area contributed by atoms with Gasteiger partial charge in [-0.1, -0.05) is 24.4 Å². The zero-order chi connectivity index (χ0) is 19.8. The van der Waals surface area contributed by atoms with Gasteiger partial charge < -0.3 is 4.90 Å². The van der Waals surface area contributed by atoms with Gasteiger partial charge in [0.1, 0.15) is 0 Å². The van der Waals surface area contributed by atoms with E-state index in [4.69, 9.17) is 11.6 Å². The monoisotopic (exact) mass is 424 g/mol. The van der Waals surface area contributed by atoms with Gasteiger partial charge in [0.05, 0.1) is 10.5 Å². The summed E-state index contributed by atoms with van der Waals surface area (Å²) in [4.78, 5) is 13.3. The van der Waals surface area contributed by atoms with Crippen LogP contribution in [0.15, 0.2) is 23.1 Å². The minimum absolute atomic E-state index is 0.0127. The number of hydrogen-bond acceptors (Lipinski definition) is 3. The molecule has 0 N–H and O–H groups in total. The average molecular weight is 425 g/mol. The first-order valence-electron chi connectivity index (χ1n) is 8.76. The SMILES string of the molecule is O=C(C1CCCC1)N1CCN(S(=O)(=O)c2ccc(Cl)cc2C(F)(F)F)CC1. The number of carbonyl (C=O) groups excluding carboxylic acids is 1. The Labute approximate surface area is 161 Å². The molecule has 1 aromatic rings. The summed E-state index contributed by atoms with van der Waals surface area (Å²) < 4.78 is 66.4. The van der Waals surface area contributed by atoms with E-state index in [1.54, 1.807) is 4.90 Å². The van der Waals surface area contributed by atoms with Crippen molar-refractivity contribution in [1.82, 2.24) is 9.21 Å². The fraction of sp³-hybridized carbons (Fsp3) is 0.588. The van der Waals surface area contributed by atoms with Crippen molar-refractivity contribution in [3.63, 3.8) is 0 Å². The molecule has 0 radical (unpaired) electrons. The smallest absolute Gasteiger partial charge is 0.340 e. The number of benzene rings is 1. The number of rotatable bonds is 3. The van der Waals surface area contributed by atoms with Crippen molar-refractivity contribution >= 4 is 27.5 Å². The molecule has 0 atom stereocenters. The number of amides is 1. The standard InChI is InChI=1S/C17H20ClF3N2O3S/c18-13-5-6-15(14(11-13)17(19,20)21)27(25,26)23-9-7-22(8-10-23)16(24)12-3-1-2-4-12/h5-6,11-12H,1-4,7-10H2. The minimum atomic E-state index is -4.84. The Kier molecular flexibility index (Phi) is 5.74. The van der Waals surface area contributed by atoms with Crippen molar-refractivity contribution in [3.8, 4) is 0 Å². The molecular weight excluding hydrogens is 405 g/mol. The van der Waals surface area contributed by atoms with Crippen LogP contribution in [0, 0.1) is 5.92 Å². The van der Waals surface area contributed by atoms with Crippen molar-refractivity contribution in [3.05, 3.63) is 28.8 Å². The van der Waals surface area contributed by atoms with E-state index < -0.39 is 26.7 Å². The maximum absolute atomic E-state index is 13.3. The lowest BCUT2D eigenvalue weighted by Crippen LogP contribution is -2.51. The lowest BCUT2D eigenvalue weighted by molar-refractivity contribution is -0.140. The van der Waals surface area contributed by atoms with Crippen LogP contribution in [0.4, 0.5) is 13.2 Å². The van der Waals surface area contributed by atoms with E-state index in [1.165, 1.54) is 0 Å². The topological polar surface area (TPSA) is 57.7 Å². The largest absolute Gasteiger partial charge is 0.417 e. The van der Waals surface area contributed by atoms with Gasteiger partial charge in [-0.3, -0.25) is 4.79 Å². The first kappa shape index (κ1) is 20.4. The highest BCUT2D eigenvalue weighted by molar-refractivity contribution is 7.89. The number of carbonyl (C=O) groups is 1. The summed E-state index contributed by atoms with van der Waals surface area (Å²) in [6.45, 7) is 0.314. The molecule has 1 amide bonds. The van der Waals surface area contributed by atoms with Gasteiger partial charge in [-0.25, -0.2) is 8.42 Å². The molecule has 1 aliphatic carbocycles. The number of piperazine rings is 1. The van der Waals surface area contributed by atoms with E-state index in [-0.39, 0.29) is 43.0 Å². The molecule has 150 valence electrons. The summed E-state index contributed by atoms with van der Waals surface area (Å²) in [6.07, 6.45) is -1.12. The summed E-state index contributed by atoms with van der Waals surface area (Å²) in [6, 6.07) is 2.63. The Bertz CT molecular complexity index is 815. The Morgan fingerprint density at radius 3 is 2.22 bits per heavy atom. The molecule has 27 heavy (non-hydrogen) atoms. The van der Waals surface area contributed by atoms with Gasteiger partial charge in [-0.2, -0.15) is 17.5 Å². The number of alkyl halides is 3. The molecule has 0 aromatic heterocycles. The first-order chi connectivity index (χ1) is 12.6. The summed E-state index contributed by atoms with van der Waals surface area (Å²) >= 11 is 5.62. The molecule has 5 nitrogen and oxygen atoms in total. The van der Waals surface area contributed by atoms with Gasteiger partial charge in [0.2, 0.25) is 15.9 Å². The molecule has 2 aliphatic rings. The molecule has 1 saturated carbocycles. The molecular formula is C17H20ClF3N2O3S. The Morgan fingerprint density at radius 2 is 1.67 bits per heavy atom. The lowest BCUT2D eigenvalue weighted by atomic mass is 10.1. The van der Waals surface area contributed by atoms with Crippen LogP contribution >= 0.6 is 11.6 Å². The third kappa shape index (κ3) is 4.25. The van der Waals surface area contributed by atoms with Crippen LogP contribution in [0.2, 0.25) is 5.02 Å². The molecule has 0 unspecified atom stereocenters. The zero-order valence-electron chi connectivity index (χ0n) is 14.5. The molecule has 1 heterocycles. The number of halogens is 4. The second kappa shape index (κ2) is 7.60. The van der Waals surface area contributed by atoms with E-state index in [1.807, 2.05) is 0 Å². The number of sulfonamides is 1. The molecule has 2 fully saturated rings. The first-order valence-corrected chi connectivity index (χ1v) is 10.6. The predicted octanol–water partition coefficient (Wildman–Crippen LogP) is 3.38. The molecule has 1 saturated heterocycles. The van der Waals surface area contributed by atoms with Crippen LogP contribution in [-0.2, 0) is 21.0 Å². The second-order valence-corrected chi connectivity index (χ2v) is 9.19. The fourth-order valence-corrected chi connectivity index (χ4v) is 5.45. The summed E-state index contributed by atoms with van der Waals surface area (Å²) in [5, 5.41) is -0.187. The summed E-state index contributed by atoms with van der Waals surface area (Å²) in [5.41, 5.74) is -1.28. The lowest BCUT2D eigenvalue weighted by Gasteiger charge is -2.35. The Balaban J connectivity index is 1.77. The molecule has 0 spiro atoms. The van der Waals surface area contributed by atoms with Gasteiger partial charge in [-0.05, 0) is 31.0 Å². The van der Waals surface area contributed by atoms with Crippen LogP contribution in [0.25, 0.3) is 0 Å². The van der Waals surface area contributed by atoms with E-state index in [2.05, 4.69) is 0 Å². The Hall–Kier alpha value is -1.32. The van der Waals surface area contributed by atoms with Gasteiger partial charge in [0.25, 0.3) is 0 Å². The normalized spacial score (nSPS) is 20.2. The highest BCUT2D eigenvalue weighted by atomic mass is 35.5. The van der Waals surface area contributed by atoms with Crippen LogP contribution in [0.5, 0.6) is 0 Å². The predicted molar refractivity (Wildman–Crippen MR) is 93.8 cm³/mol. The highest BCUT2D eigenvalue weighted by Crippen LogP contribution is 2.37. The van der Waals surface area contributed by atoms with Crippen LogP contribution in [0.3, 0.4) is 0 Å². The van der Waals surface area contributed by atoms with Gasteiger partial charge in [-0.15, -0.1) is 0 Å². The number of nitrogens with zero attached hydrogens (tertiary/aromatic N) is 2. The summed E-state index contributed by atoms with van der Waals surface area (Å²) in [7, 11) is -4.34. The third-order valence-electron chi connectivity index (χ3n) is 5.12. The quantitative estimate of drug-likeness (QED) is 0.747. The van der Waals surface area contributed by atoms with Crippen LogP contribution < -0.4 is 0 Å². The van der Waals surface area contributed by atoms with Crippen molar-refractivity contribution in [1.29, 1.82) is 0 Å². The molecule has 10 heteroatoms. The van der Waals surface area contributed by atoms with Gasteiger partial charge in [0, 0.05) is 37.1 Å². The van der Waals surface area contributed by atoms with Crippen LogP contribution in [0.1, 0.15) is 31.2 Å². The van der Waals surface area contributed by atoms with Crippen molar-refractivity contribution < 1.29 is 26.4 Å². The van der Waals surface area contributed by atoms with Crippen molar-refractivity contribution in [2.75, 3.05) is 26.2 Å². The van der Waals surface area contributed by atoms with Crippen molar-refractivity contribution in [2.45, 2.75) is 36.8 Å². The van der Waals surface area contributed by atoms with Crippen LogP contribution in [-0.4, -0.2) is 49.7 Å². The van der Waals surface area contributed by atoms with Crippen molar-refractivity contribution in [2.24, 2.45) is 5.92 Å². The zero-order valence-corrected chi connectivity index (χ0v) is 16.1. The second-order valence-electron chi connectivity index (χ2n) is 6.85. The number of hydrogen-bond donors (Lipinski definition) is 0. The highest BCUT2D eigenvalue weighted by Gasteiger charge is 2.40. The summed E-state index contributed by atoms with van der Waals surface area (Å²) in [5.74, 6) is 0.00766. The van der Waals surface area contributed by atoms with E-state index in [0.29, 0.717) is 6.07 Å². The van der Waals surface area contributed by atoms with E-state index in [0.717, 1.165) is 42.1 Å². The molecule has 1 aromatic carbocycles. The fourth-order valence-electron chi connectivity index (χ4n) is 3.67. The third-order valence-corrected chi connectivity index (χ3v) is 7.31. The van der Waals surface area contributed by atoms with E-state index >= 15 is 0 Å².